The van der Waals surface area contributed by atoms with E-state index in [1.54, 1.807) is 32.9 Å². The number of rotatable bonds is 10. The van der Waals surface area contributed by atoms with Crippen molar-refractivity contribution >= 4 is 32.7 Å². The van der Waals surface area contributed by atoms with Gasteiger partial charge in [0.2, 0.25) is 5.91 Å². The number of carbonyl (C=O) groups is 3. The summed E-state index contributed by atoms with van der Waals surface area (Å²) in [6.45, 7) is 25.0. The van der Waals surface area contributed by atoms with Crippen LogP contribution in [0, 0.1) is 23.2 Å². The fourth-order valence-electron chi connectivity index (χ4n) is 3.36. The van der Waals surface area contributed by atoms with Crippen LogP contribution in [0.15, 0.2) is 49.3 Å². The molecule has 2 amide bonds. The molecule has 1 aliphatic rings. The predicted molar refractivity (Wildman–Crippen MR) is 177 cm³/mol. The summed E-state index contributed by atoms with van der Waals surface area (Å²) >= 11 is 0. The summed E-state index contributed by atoms with van der Waals surface area (Å²) in [4.78, 5) is 35.0. The van der Waals surface area contributed by atoms with Gasteiger partial charge in [0.05, 0.1) is 13.2 Å². The molecule has 1 heterocycles. The molecule has 0 saturated carbocycles. The van der Waals surface area contributed by atoms with Gasteiger partial charge in [-0.2, -0.15) is 4.31 Å². The molecular formula is C32H54N4O6S. The summed E-state index contributed by atoms with van der Waals surface area (Å²) < 4.78 is 30.0. The molecule has 43 heavy (non-hydrogen) atoms. The molecule has 0 aromatic rings. The van der Waals surface area contributed by atoms with Crippen molar-refractivity contribution in [3.63, 3.8) is 0 Å². The summed E-state index contributed by atoms with van der Waals surface area (Å²) in [5, 5.41) is 9.43. The number of allylic oxidation sites excluding steroid dienone is 4. The van der Waals surface area contributed by atoms with Crippen LogP contribution in [0.1, 0.15) is 87.5 Å². The maximum absolute atomic E-state index is 12.2. The van der Waals surface area contributed by atoms with E-state index in [1.807, 2.05) is 27.7 Å². The second-order valence-corrected chi connectivity index (χ2v) is 12.0. The molecular weight excluding hydrogens is 568 g/mol. The quantitative estimate of drug-likeness (QED) is 0.0589. The Morgan fingerprint density at radius 3 is 2.21 bits per heavy atom. The van der Waals surface area contributed by atoms with Crippen LogP contribution >= 0.6 is 0 Å². The van der Waals surface area contributed by atoms with Crippen LogP contribution in [-0.4, -0.2) is 60.6 Å². The highest BCUT2D eigenvalue weighted by molar-refractivity contribution is 8.04. The second-order valence-electron chi connectivity index (χ2n) is 9.96. The number of ether oxygens (including phenoxy) is 1. The topological polar surface area (TPSA) is 160 Å². The summed E-state index contributed by atoms with van der Waals surface area (Å²) in [5.41, 5.74) is 5.98. The second kappa shape index (κ2) is 25.0. The minimum atomic E-state index is -3.71. The molecule has 0 aromatic carbocycles. The van der Waals surface area contributed by atoms with E-state index in [2.05, 4.69) is 36.9 Å². The molecule has 2 atom stereocenters. The lowest BCUT2D eigenvalue weighted by Crippen LogP contribution is -2.45. The van der Waals surface area contributed by atoms with Crippen molar-refractivity contribution in [3.05, 3.63) is 49.3 Å². The number of hydrogen-bond acceptors (Lipinski definition) is 7. The zero-order valence-electron chi connectivity index (χ0n) is 27.4. The number of hydrogen-bond donors (Lipinski definition) is 3. The molecule has 0 bridgehead atoms. The zero-order valence-corrected chi connectivity index (χ0v) is 28.2. The molecule has 1 rings (SSSR count). The third-order valence-corrected chi connectivity index (χ3v) is 7.18. The van der Waals surface area contributed by atoms with Gasteiger partial charge >= 0.3 is 0 Å². The Labute approximate surface area is 260 Å². The average Bonchev–Trinajstić information content (AvgIpc) is 3.08. The Balaban J connectivity index is -0.000000654. The number of nitrogens with one attached hydrogen (secondary N) is 2. The number of primary amides is 1. The normalized spacial score (nSPS) is 15.5. The molecule has 1 aliphatic heterocycles. The average molecular weight is 623 g/mol. The zero-order chi connectivity index (χ0) is 34.2. The molecule has 10 nitrogen and oxygen atoms in total. The summed E-state index contributed by atoms with van der Waals surface area (Å²) in [6, 6.07) is -0.915. The van der Waals surface area contributed by atoms with E-state index >= 15 is 0 Å². The molecule has 4 N–H and O–H groups in total. The van der Waals surface area contributed by atoms with E-state index in [-0.39, 0.29) is 30.0 Å². The highest BCUT2D eigenvalue weighted by atomic mass is 32.2. The van der Waals surface area contributed by atoms with E-state index in [9.17, 15) is 22.8 Å². The van der Waals surface area contributed by atoms with Gasteiger partial charge in [-0.1, -0.05) is 38.5 Å². The Kier molecular flexibility index (Phi) is 25.6. The molecule has 0 aromatic heterocycles. The van der Waals surface area contributed by atoms with Crippen molar-refractivity contribution in [1.82, 2.24) is 9.62 Å². The smallest absolute Gasteiger partial charge is 0.287 e. The van der Waals surface area contributed by atoms with Crippen LogP contribution < -0.4 is 11.1 Å². The van der Waals surface area contributed by atoms with Gasteiger partial charge in [-0.3, -0.25) is 19.8 Å². The van der Waals surface area contributed by atoms with Gasteiger partial charge in [0.15, 0.2) is 5.76 Å². The first-order valence-electron chi connectivity index (χ1n) is 14.2. The van der Waals surface area contributed by atoms with Gasteiger partial charge in [-0.05, 0) is 78.4 Å². The number of sulfonamides is 1. The summed E-state index contributed by atoms with van der Waals surface area (Å²) in [5.74, 6) is 4.86. The van der Waals surface area contributed by atoms with Crippen molar-refractivity contribution in [1.29, 1.82) is 5.41 Å². The number of amides is 2. The van der Waals surface area contributed by atoms with E-state index in [1.165, 1.54) is 13.0 Å². The number of carbonyl (C=O) groups excluding carboxylic acids is 3. The summed E-state index contributed by atoms with van der Waals surface area (Å²) in [7, 11) is -3.71. The molecule has 0 aliphatic carbocycles. The minimum absolute atomic E-state index is 0.0656. The fraction of sp³-hybridized carbons (Fsp3) is 0.562. The van der Waals surface area contributed by atoms with Crippen LogP contribution in [0.5, 0.6) is 0 Å². The number of nitrogens with two attached hydrogens (primary N) is 1. The van der Waals surface area contributed by atoms with Crippen molar-refractivity contribution < 1.29 is 27.5 Å². The van der Waals surface area contributed by atoms with Crippen LogP contribution in [0.3, 0.4) is 0 Å². The Bertz CT molecular complexity index is 1120. The Morgan fingerprint density at radius 1 is 1.26 bits per heavy atom. The lowest BCUT2D eigenvalue weighted by Gasteiger charge is -2.24. The number of nitrogens with zero attached hydrogens (tertiary/aromatic N) is 1. The van der Waals surface area contributed by atoms with Gasteiger partial charge < -0.3 is 15.8 Å². The standard InChI is InChI=1S/C17H26N2O3.C9H16N2O3S.2C3H6/c1-6-8-9-13(5)11-15(22-7-2)17(21)19-14(16(18)20)10-12(3)4;1-7-4-3-5-9(12)6-11(7)15(13,14)8(2)10;2*1-3-2/h11-12,14H,5,7,9-10H2,1-4H3,(H2,18,20)(H,19,21);7,10H,3-6H2,1-2H3;2*3H,1H2,2H3/b15-11-;;;. The van der Waals surface area contributed by atoms with E-state index in [0.29, 0.717) is 37.9 Å². The molecule has 0 radical (unpaired) electrons. The van der Waals surface area contributed by atoms with Crippen molar-refractivity contribution in [2.45, 2.75) is 99.6 Å². The highest BCUT2D eigenvalue weighted by Crippen LogP contribution is 2.18. The van der Waals surface area contributed by atoms with E-state index < -0.39 is 32.9 Å². The predicted octanol–water partition coefficient (Wildman–Crippen LogP) is 5.03. The molecule has 11 heteroatoms. The third-order valence-electron chi connectivity index (χ3n) is 5.30. The lowest BCUT2D eigenvalue weighted by atomic mass is 10.0. The third kappa shape index (κ3) is 20.9. The maximum atomic E-state index is 12.2. The molecule has 244 valence electrons. The van der Waals surface area contributed by atoms with E-state index in [4.69, 9.17) is 15.9 Å². The fourth-order valence-corrected chi connectivity index (χ4v) is 4.60. The monoisotopic (exact) mass is 622 g/mol. The molecule has 1 saturated heterocycles. The first-order valence-corrected chi connectivity index (χ1v) is 15.7. The largest absolute Gasteiger partial charge is 0.488 e. The van der Waals surface area contributed by atoms with Gasteiger partial charge in [0, 0.05) is 18.9 Å². The minimum Gasteiger partial charge on any atom is -0.488 e. The maximum Gasteiger partial charge on any atom is 0.287 e. The van der Waals surface area contributed by atoms with Gasteiger partial charge in [0.1, 0.15) is 16.9 Å². The SMILES string of the molecule is C=C(/C=C(\OCC)C(=O)NC(CC(C)C)C(N)=O)CC#CC.C=CC.C=CC.CC(=N)S(=O)(=O)N1CC(=O)CCCC1C. The van der Waals surface area contributed by atoms with Gasteiger partial charge in [0.25, 0.3) is 15.9 Å². The number of Topliss-reactive ketones (excluding diaryl/α,β-unsaturated/α-hetero) is 1. The first kappa shape index (κ1) is 44.0. The van der Waals surface area contributed by atoms with Crippen LogP contribution in [0.25, 0.3) is 0 Å². The van der Waals surface area contributed by atoms with Crippen LogP contribution in [-0.2, 0) is 29.1 Å². The van der Waals surface area contributed by atoms with Crippen LogP contribution in [0.2, 0.25) is 0 Å². The molecule has 2 unspecified atom stereocenters. The van der Waals surface area contributed by atoms with Crippen molar-refractivity contribution in [2.75, 3.05) is 13.2 Å². The molecule has 1 fully saturated rings. The van der Waals surface area contributed by atoms with Gasteiger partial charge in [-0.25, -0.2) is 8.42 Å². The first-order chi connectivity index (χ1) is 20.0. The van der Waals surface area contributed by atoms with Crippen LogP contribution in [0.4, 0.5) is 0 Å². The number of ketones is 1. The van der Waals surface area contributed by atoms with Crippen molar-refractivity contribution in [3.8, 4) is 11.8 Å². The van der Waals surface area contributed by atoms with E-state index in [0.717, 1.165) is 10.7 Å². The Morgan fingerprint density at radius 2 is 1.79 bits per heavy atom. The molecule has 0 spiro atoms. The lowest BCUT2D eigenvalue weighted by molar-refractivity contribution is -0.127. The van der Waals surface area contributed by atoms with Gasteiger partial charge in [-0.15, -0.1) is 19.1 Å². The van der Waals surface area contributed by atoms with Crippen molar-refractivity contribution in [2.24, 2.45) is 11.7 Å². The Hall–Kier alpha value is -3.49. The summed E-state index contributed by atoms with van der Waals surface area (Å²) in [6.07, 6.45) is 7.81. The highest BCUT2D eigenvalue weighted by Gasteiger charge is 2.32.